The van der Waals surface area contributed by atoms with Crippen LogP contribution in [0.5, 0.6) is 0 Å². The number of aryl methyl sites for hydroxylation is 3. The van der Waals surface area contributed by atoms with Gasteiger partial charge in [0.15, 0.2) is 0 Å². The van der Waals surface area contributed by atoms with E-state index in [0.717, 1.165) is 15.2 Å². The first-order valence-corrected chi connectivity index (χ1v) is 9.26. The van der Waals surface area contributed by atoms with Crippen molar-refractivity contribution in [2.24, 2.45) is 0 Å². The molecule has 0 aliphatic carbocycles. The van der Waals surface area contributed by atoms with E-state index in [0.29, 0.717) is 21.8 Å². The van der Waals surface area contributed by atoms with Crippen LogP contribution in [0.15, 0.2) is 53.6 Å². The van der Waals surface area contributed by atoms with E-state index >= 15 is 0 Å². The average molecular weight is 361 g/mol. The van der Waals surface area contributed by atoms with E-state index in [-0.39, 0.29) is 4.90 Å². The lowest BCUT2D eigenvalue weighted by Crippen LogP contribution is -2.15. The van der Waals surface area contributed by atoms with Crippen molar-refractivity contribution >= 4 is 21.6 Å². The molecule has 0 fully saturated rings. The molecule has 3 aromatic rings. The van der Waals surface area contributed by atoms with Crippen LogP contribution >= 0.6 is 11.6 Å². The maximum atomic E-state index is 13.0. The molecule has 4 nitrogen and oxygen atoms in total. The minimum Gasteiger partial charge on any atom is -0.199 e. The van der Waals surface area contributed by atoms with E-state index in [2.05, 4.69) is 5.10 Å². The van der Waals surface area contributed by atoms with Gasteiger partial charge >= 0.3 is 0 Å². The number of hydrogen-bond donors (Lipinski definition) is 0. The number of benzene rings is 2. The topological polar surface area (TPSA) is 52.0 Å². The van der Waals surface area contributed by atoms with Gasteiger partial charge in [-0.1, -0.05) is 41.9 Å². The van der Waals surface area contributed by atoms with Crippen molar-refractivity contribution in [3.8, 4) is 11.1 Å². The number of nitrogens with zero attached hydrogens (tertiary/aromatic N) is 2. The van der Waals surface area contributed by atoms with Gasteiger partial charge in [0, 0.05) is 10.6 Å². The fourth-order valence-corrected chi connectivity index (χ4v) is 4.28. The third-order valence-electron chi connectivity index (χ3n) is 3.94. The van der Waals surface area contributed by atoms with Crippen LogP contribution in [-0.2, 0) is 10.0 Å². The second-order valence-electron chi connectivity index (χ2n) is 5.74. The summed E-state index contributed by atoms with van der Waals surface area (Å²) in [4.78, 5) is 0.214. The standard InChI is InChI=1S/C18H17ClN2O2S/c1-12-10-18(13(2)9-17(12)19)24(22,23)21-11-16(14(3)20-21)15-7-5-4-6-8-15/h4-11H,1-3H3. The zero-order valence-electron chi connectivity index (χ0n) is 13.6. The van der Waals surface area contributed by atoms with Gasteiger partial charge in [-0.05, 0) is 49.6 Å². The molecule has 0 radical (unpaired) electrons. The summed E-state index contributed by atoms with van der Waals surface area (Å²) in [5.74, 6) is 0. The maximum Gasteiger partial charge on any atom is 0.283 e. The largest absolute Gasteiger partial charge is 0.283 e. The zero-order chi connectivity index (χ0) is 17.5. The van der Waals surface area contributed by atoms with Crippen molar-refractivity contribution in [1.82, 2.24) is 9.19 Å². The fraction of sp³-hybridized carbons (Fsp3) is 0.167. The summed E-state index contributed by atoms with van der Waals surface area (Å²) >= 11 is 6.07. The third-order valence-corrected chi connectivity index (χ3v) is 6.03. The maximum absolute atomic E-state index is 13.0. The molecule has 1 heterocycles. The van der Waals surface area contributed by atoms with E-state index in [1.54, 1.807) is 39.1 Å². The molecule has 0 spiro atoms. The van der Waals surface area contributed by atoms with Crippen molar-refractivity contribution < 1.29 is 8.42 Å². The molecule has 0 saturated carbocycles. The van der Waals surface area contributed by atoms with Gasteiger partial charge in [0.25, 0.3) is 10.0 Å². The molecule has 0 saturated heterocycles. The Morgan fingerprint density at radius 3 is 2.33 bits per heavy atom. The summed E-state index contributed by atoms with van der Waals surface area (Å²) in [6.07, 6.45) is 1.56. The highest BCUT2D eigenvalue weighted by atomic mass is 35.5. The molecule has 6 heteroatoms. The van der Waals surface area contributed by atoms with Gasteiger partial charge in [-0.25, -0.2) is 0 Å². The first-order valence-electron chi connectivity index (χ1n) is 7.44. The van der Waals surface area contributed by atoms with Crippen molar-refractivity contribution in [3.05, 3.63) is 70.5 Å². The van der Waals surface area contributed by atoms with Crippen LogP contribution in [0.1, 0.15) is 16.8 Å². The van der Waals surface area contributed by atoms with Crippen molar-refractivity contribution in [1.29, 1.82) is 0 Å². The molecular weight excluding hydrogens is 344 g/mol. The van der Waals surface area contributed by atoms with Crippen molar-refractivity contribution in [2.45, 2.75) is 25.7 Å². The Labute approximate surface area is 146 Å². The smallest absolute Gasteiger partial charge is 0.199 e. The van der Waals surface area contributed by atoms with E-state index < -0.39 is 10.0 Å². The van der Waals surface area contributed by atoms with Gasteiger partial charge < -0.3 is 0 Å². The highest BCUT2D eigenvalue weighted by molar-refractivity contribution is 7.89. The molecule has 0 N–H and O–H groups in total. The third kappa shape index (κ3) is 2.85. The molecule has 2 aromatic carbocycles. The van der Waals surface area contributed by atoms with Crippen LogP contribution in [0.2, 0.25) is 5.02 Å². The highest BCUT2D eigenvalue weighted by Gasteiger charge is 2.23. The van der Waals surface area contributed by atoms with E-state index in [1.807, 2.05) is 30.3 Å². The molecule has 3 rings (SSSR count). The van der Waals surface area contributed by atoms with Crippen LogP contribution in [0.25, 0.3) is 11.1 Å². The summed E-state index contributed by atoms with van der Waals surface area (Å²) in [6, 6.07) is 12.8. The average Bonchev–Trinajstić information content (AvgIpc) is 2.94. The fourth-order valence-electron chi connectivity index (χ4n) is 2.59. The minimum atomic E-state index is -3.77. The van der Waals surface area contributed by atoms with Gasteiger partial charge in [0.05, 0.1) is 16.8 Å². The highest BCUT2D eigenvalue weighted by Crippen LogP contribution is 2.28. The molecule has 0 amide bonds. The minimum absolute atomic E-state index is 0.214. The number of rotatable bonds is 3. The van der Waals surface area contributed by atoms with Gasteiger partial charge in [0.2, 0.25) is 0 Å². The molecular formula is C18H17ClN2O2S. The number of aromatic nitrogens is 2. The van der Waals surface area contributed by atoms with Crippen molar-refractivity contribution in [3.63, 3.8) is 0 Å². The number of halogens is 1. The quantitative estimate of drug-likeness (QED) is 0.697. The molecule has 124 valence electrons. The summed E-state index contributed by atoms with van der Waals surface area (Å²) in [5, 5.41) is 4.77. The predicted octanol–water partition coefficient (Wildman–Crippen LogP) is 4.37. The lowest BCUT2D eigenvalue weighted by Gasteiger charge is -2.10. The molecule has 1 aromatic heterocycles. The van der Waals surface area contributed by atoms with Gasteiger partial charge in [-0.15, -0.1) is 0 Å². The molecule has 24 heavy (non-hydrogen) atoms. The van der Waals surface area contributed by atoms with E-state index in [4.69, 9.17) is 11.6 Å². The Bertz CT molecular complexity index is 1010. The Kier molecular flexibility index (Phi) is 4.24. The Morgan fingerprint density at radius 1 is 1.00 bits per heavy atom. The number of hydrogen-bond acceptors (Lipinski definition) is 3. The van der Waals surface area contributed by atoms with Crippen molar-refractivity contribution in [2.75, 3.05) is 0 Å². The second-order valence-corrected chi connectivity index (χ2v) is 7.91. The lowest BCUT2D eigenvalue weighted by molar-refractivity contribution is 0.579. The molecule has 0 unspecified atom stereocenters. The molecule has 0 atom stereocenters. The normalized spacial score (nSPS) is 11.7. The Hall–Kier alpha value is -2.11. The predicted molar refractivity (Wildman–Crippen MR) is 95.9 cm³/mol. The summed E-state index contributed by atoms with van der Waals surface area (Å²) < 4.78 is 27.0. The summed E-state index contributed by atoms with van der Waals surface area (Å²) in [5.41, 5.74) is 3.70. The van der Waals surface area contributed by atoms with E-state index in [9.17, 15) is 8.42 Å². The zero-order valence-corrected chi connectivity index (χ0v) is 15.2. The van der Waals surface area contributed by atoms with Gasteiger partial charge in [-0.3, -0.25) is 0 Å². The van der Waals surface area contributed by atoms with Gasteiger partial charge in [-0.2, -0.15) is 17.6 Å². The van der Waals surface area contributed by atoms with Crippen LogP contribution in [0.4, 0.5) is 0 Å². The lowest BCUT2D eigenvalue weighted by atomic mass is 10.1. The summed E-state index contributed by atoms with van der Waals surface area (Å²) in [6.45, 7) is 5.31. The van der Waals surface area contributed by atoms with Crippen LogP contribution in [0.3, 0.4) is 0 Å². The molecule has 0 aliphatic heterocycles. The monoisotopic (exact) mass is 360 g/mol. The van der Waals surface area contributed by atoms with Crippen LogP contribution in [-0.4, -0.2) is 17.6 Å². The van der Waals surface area contributed by atoms with Gasteiger partial charge in [0.1, 0.15) is 0 Å². The summed E-state index contributed by atoms with van der Waals surface area (Å²) in [7, 11) is -3.77. The SMILES string of the molecule is Cc1cc(S(=O)(=O)n2cc(-c3ccccc3)c(C)n2)c(C)cc1Cl. The van der Waals surface area contributed by atoms with Crippen LogP contribution < -0.4 is 0 Å². The molecule has 0 bridgehead atoms. The van der Waals surface area contributed by atoms with E-state index in [1.165, 1.54) is 0 Å². The second kappa shape index (κ2) is 6.07. The molecule has 0 aliphatic rings. The Balaban J connectivity index is 2.14. The van der Waals surface area contributed by atoms with Crippen LogP contribution in [0, 0.1) is 20.8 Å². The first-order chi connectivity index (χ1) is 11.3. The Morgan fingerprint density at radius 2 is 1.67 bits per heavy atom. The first kappa shape index (κ1) is 16.7.